The quantitative estimate of drug-likeness (QED) is 0.522. The number of aliphatic carboxylic acids is 1. The van der Waals surface area contributed by atoms with Crippen LogP contribution in [0.25, 0.3) is 0 Å². The molecule has 0 amide bonds. The molecule has 4 aliphatic rings. The summed E-state index contributed by atoms with van der Waals surface area (Å²) in [5, 5.41) is 20.9. The number of carbonyl (C=O) groups excluding carboxylic acids is 2. The van der Waals surface area contributed by atoms with Crippen molar-refractivity contribution in [2.24, 2.45) is 46.3 Å². The second kappa shape index (κ2) is 9.68. The van der Waals surface area contributed by atoms with Crippen LogP contribution in [0.15, 0.2) is 0 Å². The highest BCUT2D eigenvalue weighted by molar-refractivity contribution is 5.67. The molecule has 4 fully saturated rings. The summed E-state index contributed by atoms with van der Waals surface area (Å²) in [5.74, 6) is 0.128. The van der Waals surface area contributed by atoms with Gasteiger partial charge in [0.05, 0.1) is 6.10 Å². The Labute approximate surface area is 209 Å². The summed E-state index contributed by atoms with van der Waals surface area (Å²) in [7, 11) is 0. The van der Waals surface area contributed by atoms with Gasteiger partial charge in [-0.25, -0.2) is 0 Å². The zero-order chi connectivity index (χ0) is 25.7. The van der Waals surface area contributed by atoms with Crippen molar-refractivity contribution >= 4 is 17.9 Å². The number of carboxylic acids is 1. The molecule has 4 aliphatic carbocycles. The number of hydrogen-bond donors (Lipinski definition) is 2. The minimum absolute atomic E-state index is 0.00723. The second-order valence-electron chi connectivity index (χ2n) is 12.6. The number of carbonyl (C=O) groups is 3. The molecule has 198 valence electrons. The van der Waals surface area contributed by atoms with Gasteiger partial charge in [0, 0.05) is 26.2 Å². The minimum atomic E-state index is -0.772. The molecule has 0 saturated heterocycles. The van der Waals surface area contributed by atoms with E-state index in [2.05, 4.69) is 20.8 Å². The van der Waals surface area contributed by atoms with Gasteiger partial charge in [-0.15, -0.1) is 0 Å². The predicted octanol–water partition coefficient (Wildman–Crippen LogP) is 4.59. The van der Waals surface area contributed by atoms with Crippen LogP contribution in [-0.2, 0) is 23.9 Å². The van der Waals surface area contributed by atoms with Crippen molar-refractivity contribution in [1.82, 2.24) is 0 Å². The maximum absolute atomic E-state index is 12.2. The summed E-state index contributed by atoms with van der Waals surface area (Å²) >= 11 is 0. The molecule has 11 atom stereocenters. The van der Waals surface area contributed by atoms with Gasteiger partial charge in [0.25, 0.3) is 0 Å². The van der Waals surface area contributed by atoms with Crippen LogP contribution >= 0.6 is 0 Å². The topological polar surface area (TPSA) is 110 Å². The summed E-state index contributed by atoms with van der Waals surface area (Å²) in [6.07, 6.45) is 5.99. The summed E-state index contributed by atoms with van der Waals surface area (Å²) in [6.45, 7) is 9.63. The standard InChI is InChI=1S/C28H44O7/c1-15(6-9-25(32)33)20-7-8-21-26-22(14-24(31)28(20,21)5)27(4)11-10-19(34-16(2)29)12-18(27)13-23(26)35-17(3)30/h15,18-24,26,31H,6-14H2,1-5H3,(H,32,33)/t15-,18-,19-,20+,21-,22+,23-,24+,26+,27-,28-/m1/s1. The lowest BCUT2D eigenvalue weighted by Crippen LogP contribution is -2.63. The van der Waals surface area contributed by atoms with Crippen LogP contribution in [0.3, 0.4) is 0 Å². The van der Waals surface area contributed by atoms with E-state index in [-0.39, 0.29) is 76.9 Å². The van der Waals surface area contributed by atoms with Crippen molar-refractivity contribution in [2.75, 3.05) is 0 Å². The number of carboxylic acid groups (broad SMARTS) is 1. The molecule has 0 aromatic carbocycles. The Morgan fingerprint density at radius 1 is 0.971 bits per heavy atom. The number of aliphatic hydroxyl groups excluding tert-OH is 1. The molecule has 4 saturated carbocycles. The molecule has 2 N–H and O–H groups in total. The van der Waals surface area contributed by atoms with E-state index in [0.717, 1.165) is 38.5 Å². The highest BCUT2D eigenvalue weighted by Crippen LogP contribution is 2.68. The zero-order valence-electron chi connectivity index (χ0n) is 22.0. The molecule has 7 heteroatoms. The Kier molecular flexibility index (Phi) is 7.31. The van der Waals surface area contributed by atoms with Crippen LogP contribution in [0.4, 0.5) is 0 Å². The number of aliphatic hydroxyl groups is 1. The number of hydrogen-bond acceptors (Lipinski definition) is 6. The Hall–Kier alpha value is -1.63. The van der Waals surface area contributed by atoms with Crippen LogP contribution in [-0.4, -0.2) is 46.4 Å². The van der Waals surface area contributed by atoms with Crippen molar-refractivity contribution in [3.05, 3.63) is 0 Å². The van der Waals surface area contributed by atoms with Crippen molar-refractivity contribution in [2.45, 2.75) is 111 Å². The Bertz CT molecular complexity index is 841. The first-order valence-corrected chi connectivity index (χ1v) is 13.6. The maximum Gasteiger partial charge on any atom is 0.303 e. The summed E-state index contributed by atoms with van der Waals surface area (Å²) in [4.78, 5) is 35.0. The van der Waals surface area contributed by atoms with Crippen molar-refractivity contribution in [3.8, 4) is 0 Å². The van der Waals surface area contributed by atoms with Gasteiger partial charge < -0.3 is 19.7 Å². The lowest BCUT2D eigenvalue weighted by Gasteiger charge is -2.64. The van der Waals surface area contributed by atoms with Crippen LogP contribution in [0.2, 0.25) is 0 Å². The molecule has 0 aliphatic heterocycles. The normalized spacial score (nSPS) is 45.4. The third-order valence-electron chi connectivity index (χ3n) is 10.9. The van der Waals surface area contributed by atoms with Crippen LogP contribution in [0.5, 0.6) is 0 Å². The Morgan fingerprint density at radius 3 is 2.29 bits per heavy atom. The molecule has 0 spiro atoms. The molecule has 0 aromatic heterocycles. The van der Waals surface area contributed by atoms with Gasteiger partial charge in [-0.1, -0.05) is 20.8 Å². The SMILES string of the molecule is CC(=O)O[C@@H]1CC[C@]2(C)[C@H](C1)C[C@@H](OC(C)=O)[C@H]1[C@H]3CC[C@@H]([C@H](C)CCC(=O)O)[C@@]3(C)[C@@H](O)C[C@@H]12. The minimum Gasteiger partial charge on any atom is -0.481 e. The van der Waals surface area contributed by atoms with Gasteiger partial charge in [0.2, 0.25) is 0 Å². The monoisotopic (exact) mass is 492 g/mol. The zero-order valence-corrected chi connectivity index (χ0v) is 22.0. The molecule has 35 heavy (non-hydrogen) atoms. The van der Waals surface area contributed by atoms with Gasteiger partial charge in [-0.2, -0.15) is 0 Å². The molecule has 0 bridgehead atoms. The van der Waals surface area contributed by atoms with Gasteiger partial charge in [0.15, 0.2) is 0 Å². The average molecular weight is 493 g/mol. The number of rotatable bonds is 6. The summed E-state index contributed by atoms with van der Waals surface area (Å²) < 4.78 is 11.6. The first-order chi connectivity index (χ1) is 16.4. The first-order valence-electron chi connectivity index (χ1n) is 13.6. The van der Waals surface area contributed by atoms with Crippen LogP contribution in [0.1, 0.15) is 92.4 Å². The molecule has 0 unspecified atom stereocenters. The molecule has 7 nitrogen and oxygen atoms in total. The number of esters is 2. The smallest absolute Gasteiger partial charge is 0.303 e. The Balaban J connectivity index is 1.64. The summed E-state index contributed by atoms with van der Waals surface area (Å²) in [5.41, 5.74) is -0.303. The predicted molar refractivity (Wildman–Crippen MR) is 129 cm³/mol. The lowest BCUT2D eigenvalue weighted by molar-refractivity contribution is -0.218. The molecular formula is C28H44O7. The van der Waals surface area contributed by atoms with E-state index in [4.69, 9.17) is 9.47 Å². The lowest BCUT2D eigenvalue weighted by atomic mass is 9.43. The van der Waals surface area contributed by atoms with Crippen molar-refractivity contribution < 1.29 is 34.1 Å². The maximum atomic E-state index is 12.2. The van der Waals surface area contributed by atoms with E-state index < -0.39 is 12.1 Å². The fraction of sp³-hybridized carbons (Fsp3) is 0.893. The third-order valence-corrected chi connectivity index (χ3v) is 10.9. The number of fused-ring (bicyclic) bond motifs is 5. The van der Waals surface area contributed by atoms with E-state index in [1.807, 2.05) is 0 Å². The fourth-order valence-electron chi connectivity index (χ4n) is 9.32. The Morgan fingerprint density at radius 2 is 1.66 bits per heavy atom. The highest BCUT2D eigenvalue weighted by Gasteiger charge is 2.66. The average Bonchev–Trinajstić information content (AvgIpc) is 3.11. The second-order valence-corrected chi connectivity index (χ2v) is 12.6. The van der Waals surface area contributed by atoms with Gasteiger partial charge >= 0.3 is 17.9 Å². The van der Waals surface area contributed by atoms with E-state index in [1.54, 1.807) is 0 Å². The molecule has 4 rings (SSSR count). The van der Waals surface area contributed by atoms with Crippen LogP contribution < -0.4 is 0 Å². The molecule has 0 heterocycles. The van der Waals surface area contributed by atoms with E-state index in [1.165, 1.54) is 13.8 Å². The molecule has 0 aromatic rings. The number of ether oxygens (including phenoxy) is 2. The highest BCUT2D eigenvalue weighted by atomic mass is 16.5. The van der Waals surface area contributed by atoms with E-state index in [0.29, 0.717) is 12.8 Å². The largest absolute Gasteiger partial charge is 0.481 e. The molecule has 0 radical (unpaired) electrons. The first kappa shape index (κ1) is 26.4. The fourth-order valence-corrected chi connectivity index (χ4v) is 9.32. The van der Waals surface area contributed by atoms with Gasteiger partial charge in [0.1, 0.15) is 12.2 Å². The molecular weight excluding hydrogens is 448 g/mol. The van der Waals surface area contributed by atoms with Gasteiger partial charge in [-0.05, 0) is 91.8 Å². The third kappa shape index (κ3) is 4.62. The van der Waals surface area contributed by atoms with Crippen molar-refractivity contribution in [3.63, 3.8) is 0 Å². The van der Waals surface area contributed by atoms with E-state index >= 15 is 0 Å². The van der Waals surface area contributed by atoms with Crippen molar-refractivity contribution in [1.29, 1.82) is 0 Å². The van der Waals surface area contributed by atoms with Crippen LogP contribution in [0, 0.1) is 46.3 Å². The van der Waals surface area contributed by atoms with Gasteiger partial charge in [-0.3, -0.25) is 14.4 Å². The van der Waals surface area contributed by atoms with E-state index in [9.17, 15) is 24.6 Å². The summed E-state index contributed by atoms with van der Waals surface area (Å²) in [6, 6.07) is 0.